The molecule has 0 N–H and O–H groups in total. The zero-order chi connectivity index (χ0) is 25.1. The fourth-order valence-corrected chi connectivity index (χ4v) is 5.88. The Balaban J connectivity index is 1.57. The summed E-state index contributed by atoms with van der Waals surface area (Å²) in [7, 11) is 0. The monoisotopic (exact) mass is 480 g/mol. The zero-order valence-corrected chi connectivity index (χ0v) is 21.5. The van der Waals surface area contributed by atoms with Crippen LogP contribution in [0.15, 0.2) is 96.1 Å². The molecule has 186 valence electrons. The van der Waals surface area contributed by atoms with Crippen LogP contribution in [0.5, 0.6) is 0 Å². The number of rotatable bonds is 6. The number of ether oxygens (including phenoxy) is 1. The fourth-order valence-electron chi connectivity index (χ4n) is 5.88. The third kappa shape index (κ3) is 4.95. The van der Waals surface area contributed by atoms with Crippen molar-refractivity contribution in [1.29, 1.82) is 0 Å². The molecule has 3 aromatic rings. The summed E-state index contributed by atoms with van der Waals surface area (Å²) in [5.41, 5.74) is 3.88. The Morgan fingerprint density at radius 2 is 1.50 bits per heavy atom. The van der Waals surface area contributed by atoms with E-state index in [4.69, 9.17) is 9.84 Å². The molecule has 0 saturated heterocycles. The maximum atomic E-state index is 14.2. The molecule has 36 heavy (non-hydrogen) atoms. The Hall–Kier alpha value is -3.40. The Morgan fingerprint density at radius 3 is 2.14 bits per heavy atom. The van der Waals surface area contributed by atoms with Gasteiger partial charge in [-0.2, -0.15) is 5.10 Å². The molecule has 1 saturated carbocycles. The highest BCUT2D eigenvalue weighted by Crippen LogP contribution is 2.40. The first-order chi connectivity index (χ1) is 17.5. The van der Waals surface area contributed by atoms with Gasteiger partial charge in [0.25, 0.3) is 0 Å². The molecular formula is C32H36N2O2. The summed E-state index contributed by atoms with van der Waals surface area (Å²) in [6.07, 6.45) is 3.17. The maximum Gasteiger partial charge on any atom is 0.332 e. The zero-order valence-electron chi connectivity index (χ0n) is 21.5. The number of hydrogen-bond acceptors (Lipinski definition) is 4. The number of esters is 1. The van der Waals surface area contributed by atoms with Crippen molar-refractivity contribution in [1.82, 2.24) is 0 Å². The number of para-hydroxylation sites is 1. The van der Waals surface area contributed by atoms with Crippen LogP contribution in [-0.2, 0) is 9.53 Å². The SMILES string of the molecule is CC(C)[C@@H]1CC[C@@H](C)C[C@H]1OC(=O)[C@@H]1[C@@H](c2ccccc2)C(c2ccccc2)=NN1c1ccccc1. The van der Waals surface area contributed by atoms with Crippen molar-refractivity contribution < 1.29 is 9.53 Å². The molecule has 2 aliphatic rings. The molecule has 1 aliphatic carbocycles. The summed E-state index contributed by atoms with van der Waals surface area (Å²) in [4.78, 5) is 14.2. The van der Waals surface area contributed by atoms with Gasteiger partial charge in [0.2, 0.25) is 0 Å². The fraction of sp³-hybridized carbons (Fsp3) is 0.375. The van der Waals surface area contributed by atoms with Gasteiger partial charge in [0, 0.05) is 0 Å². The van der Waals surface area contributed by atoms with Crippen LogP contribution < -0.4 is 5.01 Å². The molecule has 4 nitrogen and oxygen atoms in total. The molecule has 0 aromatic heterocycles. The average Bonchev–Trinajstić information content (AvgIpc) is 3.31. The van der Waals surface area contributed by atoms with Crippen LogP contribution in [0.3, 0.4) is 0 Å². The number of carbonyl (C=O) groups is 1. The van der Waals surface area contributed by atoms with Gasteiger partial charge in [-0.15, -0.1) is 0 Å². The smallest absolute Gasteiger partial charge is 0.332 e. The predicted molar refractivity (Wildman–Crippen MR) is 146 cm³/mol. The van der Waals surface area contributed by atoms with Crippen LogP contribution in [0.1, 0.15) is 57.1 Å². The highest BCUT2D eigenvalue weighted by Gasteiger charge is 2.46. The van der Waals surface area contributed by atoms with Crippen LogP contribution in [-0.4, -0.2) is 23.8 Å². The lowest BCUT2D eigenvalue weighted by molar-refractivity contribution is -0.157. The van der Waals surface area contributed by atoms with Crippen molar-refractivity contribution in [2.45, 2.75) is 58.1 Å². The number of hydrazone groups is 1. The van der Waals surface area contributed by atoms with Crippen LogP contribution >= 0.6 is 0 Å². The van der Waals surface area contributed by atoms with Gasteiger partial charge in [-0.05, 0) is 53.9 Å². The highest BCUT2D eigenvalue weighted by molar-refractivity contribution is 6.11. The van der Waals surface area contributed by atoms with E-state index in [1.54, 1.807) is 0 Å². The van der Waals surface area contributed by atoms with E-state index < -0.39 is 6.04 Å². The highest BCUT2D eigenvalue weighted by atomic mass is 16.5. The van der Waals surface area contributed by atoms with E-state index in [0.29, 0.717) is 17.8 Å². The van der Waals surface area contributed by atoms with E-state index in [-0.39, 0.29) is 18.0 Å². The summed E-state index contributed by atoms with van der Waals surface area (Å²) in [5, 5.41) is 6.99. The molecule has 3 aromatic carbocycles. The Kier molecular flexibility index (Phi) is 7.22. The summed E-state index contributed by atoms with van der Waals surface area (Å²) >= 11 is 0. The second-order valence-electron chi connectivity index (χ2n) is 10.7. The van der Waals surface area contributed by atoms with Crippen LogP contribution in [0.2, 0.25) is 0 Å². The quantitative estimate of drug-likeness (QED) is 0.354. The third-order valence-electron chi connectivity index (χ3n) is 7.81. The van der Waals surface area contributed by atoms with E-state index in [9.17, 15) is 4.79 Å². The molecule has 1 heterocycles. The molecule has 0 unspecified atom stereocenters. The van der Waals surface area contributed by atoms with Gasteiger partial charge >= 0.3 is 5.97 Å². The molecule has 0 amide bonds. The standard InChI is InChI=1S/C32H36N2O2/c1-22(2)27-20-19-23(3)21-28(27)36-32(35)31-29(24-13-7-4-8-14-24)30(25-15-9-5-10-16-25)33-34(31)26-17-11-6-12-18-26/h4-18,22-23,27-29,31H,19-21H2,1-3H3/t23-,27+,28-,29+,31+/m1/s1. The normalized spacial score (nSPS) is 26.1. The van der Waals surface area contributed by atoms with E-state index in [2.05, 4.69) is 45.0 Å². The van der Waals surface area contributed by atoms with Gasteiger partial charge in [-0.1, -0.05) is 106 Å². The molecular weight excluding hydrogens is 444 g/mol. The number of hydrogen-bond donors (Lipinski definition) is 0. The van der Waals surface area contributed by atoms with E-state index in [0.717, 1.165) is 35.4 Å². The number of anilines is 1. The van der Waals surface area contributed by atoms with E-state index in [1.165, 1.54) is 6.42 Å². The molecule has 5 rings (SSSR count). The van der Waals surface area contributed by atoms with Gasteiger partial charge in [0.1, 0.15) is 6.10 Å². The van der Waals surface area contributed by atoms with Crippen molar-refractivity contribution in [3.63, 3.8) is 0 Å². The topological polar surface area (TPSA) is 41.9 Å². The van der Waals surface area contributed by atoms with Gasteiger partial charge in [-0.3, -0.25) is 0 Å². The van der Waals surface area contributed by atoms with Crippen molar-refractivity contribution in [3.8, 4) is 0 Å². The van der Waals surface area contributed by atoms with Gasteiger partial charge in [-0.25, -0.2) is 9.80 Å². The Bertz CT molecular complexity index is 1180. The van der Waals surface area contributed by atoms with Crippen molar-refractivity contribution in [2.75, 3.05) is 5.01 Å². The molecule has 0 radical (unpaired) electrons. The lowest BCUT2D eigenvalue weighted by Crippen LogP contribution is -2.45. The first kappa shape index (κ1) is 24.3. The number of nitrogens with zero attached hydrogens (tertiary/aromatic N) is 2. The first-order valence-corrected chi connectivity index (χ1v) is 13.3. The average molecular weight is 481 g/mol. The van der Waals surface area contributed by atoms with Crippen molar-refractivity contribution in [3.05, 3.63) is 102 Å². The minimum atomic E-state index is -0.574. The number of carbonyl (C=O) groups excluding carboxylic acids is 1. The Morgan fingerprint density at radius 1 is 0.889 bits per heavy atom. The summed E-state index contributed by atoms with van der Waals surface area (Å²) in [6, 6.07) is 29.9. The molecule has 4 heteroatoms. The minimum Gasteiger partial charge on any atom is -0.460 e. The first-order valence-electron chi connectivity index (χ1n) is 13.3. The van der Waals surface area contributed by atoms with Crippen LogP contribution in [0, 0.1) is 17.8 Å². The predicted octanol–water partition coefficient (Wildman–Crippen LogP) is 7.07. The number of benzene rings is 3. The van der Waals surface area contributed by atoms with Gasteiger partial charge in [0.05, 0.1) is 17.3 Å². The second kappa shape index (κ2) is 10.7. The van der Waals surface area contributed by atoms with E-state index in [1.807, 2.05) is 71.7 Å². The Labute approximate surface area is 215 Å². The third-order valence-corrected chi connectivity index (χ3v) is 7.81. The van der Waals surface area contributed by atoms with Gasteiger partial charge in [0.15, 0.2) is 6.04 Å². The van der Waals surface area contributed by atoms with Crippen LogP contribution in [0.25, 0.3) is 0 Å². The van der Waals surface area contributed by atoms with Crippen molar-refractivity contribution >= 4 is 17.4 Å². The second-order valence-corrected chi connectivity index (χ2v) is 10.7. The molecule has 5 atom stereocenters. The lowest BCUT2D eigenvalue weighted by atomic mass is 9.75. The van der Waals surface area contributed by atoms with Gasteiger partial charge < -0.3 is 4.74 Å². The lowest BCUT2D eigenvalue weighted by Gasteiger charge is -2.38. The largest absolute Gasteiger partial charge is 0.460 e. The van der Waals surface area contributed by atoms with Crippen LogP contribution in [0.4, 0.5) is 5.69 Å². The summed E-state index contributed by atoms with van der Waals surface area (Å²) in [5.74, 6) is 1.01. The molecule has 1 fully saturated rings. The summed E-state index contributed by atoms with van der Waals surface area (Å²) in [6.45, 7) is 6.76. The van der Waals surface area contributed by atoms with Crippen molar-refractivity contribution in [2.24, 2.45) is 22.9 Å². The maximum absolute atomic E-state index is 14.2. The molecule has 0 spiro atoms. The molecule has 1 aliphatic heterocycles. The summed E-state index contributed by atoms with van der Waals surface area (Å²) < 4.78 is 6.45. The molecule has 0 bridgehead atoms. The minimum absolute atomic E-state index is 0.0592. The van der Waals surface area contributed by atoms with E-state index >= 15 is 0 Å².